The minimum absolute atomic E-state index is 0.164. The van der Waals surface area contributed by atoms with Gasteiger partial charge in [0.1, 0.15) is 23.2 Å². The third kappa shape index (κ3) is 5.92. The fraction of sp³-hybridized carbons (Fsp3) is 0.200. The molecular weight excluding hydrogens is 397 g/mol. The largest absolute Gasteiger partial charge is 0.481 e. The van der Waals surface area contributed by atoms with Crippen molar-refractivity contribution in [2.45, 2.75) is 19.8 Å². The van der Waals surface area contributed by atoms with E-state index in [1.165, 1.54) is 29.2 Å². The lowest BCUT2D eigenvalue weighted by atomic mass is 9.97. The van der Waals surface area contributed by atoms with Crippen molar-refractivity contribution in [1.82, 2.24) is 0 Å². The van der Waals surface area contributed by atoms with Crippen LogP contribution in [0.4, 0.5) is 10.1 Å². The first kappa shape index (κ1) is 22.0. The Morgan fingerprint density at radius 3 is 2.32 bits per heavy atom. The van der Waals surface area contributed by atoms with E-state index >= 15 is 0 Å². The van der Waals surface area contributed by atoms with Gasteiger partial charge >= 0.3 is 5.97 Å². The Balaban J connectivity index is 1.69. The van der Waals surface area contributed by atoms with Crippen molar-refractivity contribution in [3.8, 4) is 11.5 Å². The molecule has 0 saturated carbocycles. The van der Waals surface area contributed by atoms with E-state index in [-0.39, 0.29) is 12.2 Å². The van der Waals surface area contributed by atoms with Crippen LogP contribution in [0.25, 0.3) is 0 Å². The summed E-state index contributed by atoms with van der Waals surface area (Å²) in [5.41, 5.74) is 1.53. The molecule has 3 rings (SSSR count). The molecule has 1 N–H and O–H groups in total. The van der Waals surface area contributed by atoms with Gasteiger partial charge in [-0.2, -0.15) is 0 Å². The maximum atomic E-state index is 13.1. The second-order valence-electron chi connectivity index (χ2n) is 7.05. The third-order valence-corrected chi connectivity index (χ3v) is 4.92. The summed E-state index contributed by atoms with van der Waals surface area (Å²) in [6.07, 6.45) is 0.563. The van der Waals surface area contributed by atoms with Crippen LogP contribution in [0.5, 0.6) is 11.5 Å². The number of aliphatic carboxylic acids is 1. The van der Waals surface area contributed by atoms with Gasteiger partial charge in [0.25, 0.3) is 0 Å². The number of hydrogen-bond donors (Lipinski definition) is 1. The minimum atomic E-state index is -1.15. The van der Waals surface area contributed by atoms with Gasteiger partial charge in [-0.15, -0.1) is 0 Å². The molecule has 0 radical (unpaired) electrons. The monoisotopic (exact) mass is 421 g/mol. The average Bonchev–Trinajstić information content (AvgIpc) is 2.77. The van der Waals surface area contributed by atoms with Crippen molar-refractivity contribution in [1.29, 1.82) is 0 Å². The Bertz CT molecular complexity index is 1020. The predicted molar refractivity (Wildman–Crippen MR) is 117 cm³/mol. The fourth-order valence-corrected chi connectivity index (χ4v) is 3.33. The molecule has 0 aliphatic heterocycles. The zero-order valence-corrected chi connectivity index (χ0v) is 17.2. The van der Waals surface area contributed by atoms with Crippen molar-refractivity contribution >= 4 is 17.6 Å². The van der Waals surface area contributed by atoms with Crippen LogP contribution >= 0.6 is 0 Å². The van der Waals surface area contributed by atoms with Gasteiger partial charge < -0.3 is 14.7 Å². The van der Waals surface area contributed by atoms with Gasteiger partial charge in [-0.1, -0.05) is 30.3 Å². The molecule has 1 atom stereocenters. The van der Waals surface area contributed by atoms with E-state index in [2.05, 4.69) is 0 Å². The highest BCUT2D eigenvalue weighted by Crippen LogP contribution is 2.24. The van der Waals surface area contributed by atoms with Crippen molar-refractivity contribution in [3.05, 3.63) is 90.2 Å². The maximum Gasteiger partial charge on any atom is 0.316 e. The second kappa shape index (κ2) is 10.4. The lowest BCUT2D eigenvalue weighted by molar-refractivity contribution is -0.146. The number of carboxylic acid groups (broad SMARTS) is 1. The molecule has 0 aliphatic rings. The summed E-state index contributed by atoms with van der Waals surface area (Å²) < 4.78 is 18.8. The van der Waals surface area contributed by atoms with E-state index in [0.717, 1.165) is 5.56 Å². The number of halogens is 1. The number of anilines is 1. The minimum Gasteiger partial charge on any atom is -0.481 e. The van der Waals surface area contributed by atoms with Crippen LogP contribution in [-0.4, -0.2) is 23.5 Å². The molecule has 1 amide bonds. The number of rotatable bonds is 9. The topological polar surface area (TPSA) is 66.8 Å². The summed E-state index contributed by atoms with van der Waals surface area (Å²) in [5.74, 6) is -2.01. The molecule has 0 bridgehead atoms. The summed E-state index contributed by atoms with van der Waals surface area (Å²) >= 11 is 0. The lowest BCUT2D eigenvalue weighted by Crippen LogP contribution is -2.39. The molecule has 3 aromatic carbocycles. The normalized spacial score (nSPS) is 11.5. The molecule has 6 heteroatoms. The summed E-state index contributed by atoms with van der Waals surface area (Å²) in [4.78, 5) is 26.3. The second-order valence-corrected chi connectivity index (χ2v) is 7.05. The Labute approximate surface area is 180 Å². The fourth-order valence-electron chi connectivity index (χ4n) is 3.33. The molecular formula is C25H24FNO4. The van der Waals surface area contributed by atoms with Gasteiger partial charge in [0.05, 0.1) is 0 Å². The van der Waals surface area contributed by atoms with Crippen LogP contribution < -0.4 is 9.64 Å². The Morgan fingerprint density at radius 1 is 0.968 bits per heavy atom. The van der Waals surface area contributed by atoms with E-state index in [1.807, 2.05) is 31.2 Å². The van der Waals surface area contributed by atoms with Gasteiger partial charge in [-0.3, -0.25) is 9.59 Å². The first-order valence-electron chi connectivity index (χ1n) is 10.1. The molecule has 160 valence electrons. The van der Waals surface area contributed by atoms with Crippen LogP contribution in [0.3, 0.4) is 0 Å². The zero-order valence-electron chi connectivity index (χ0n) is 17.2. The number of hydrogen-bond acceptors (Lipinski definition) is 3. The number of amides is 1. The van der Waals surface area contributed by atoms with E-state index < -0.39 is 17.8 Å². The number of benzene rings is 3. The number of nitrogens with zero attached hydrogens (tertiary/aromatic N) is 1. The Hall–Kier alpha value is -3.67. The van der Waals surface area contributed by atoms with E-state index in [0.29, 0.717) is 30.2 Å². The summed E-state index contributed by atoms with van der Waals surface area (Å²) in [5, 5.41) is 9.68. The molecule has 5 nitrogen and oxygen atoms in total. The molecule has 3 aromatic rings. The van der Waals surface area contributed by atoms with E-state index in [4.69, 9.17) is 4.74 Å². The quantitative estimate of drug-likeness (QED) is 0.476. The van der Waals surface area contributed by atoms with Gasteiger partial charge in [0, 0.05) is 12.2 Å². The van der Waals surface area contributed by atoms with Gasteiger partial charge in [-0.25, -0.2) is 4.39 Å². The number of ether oxygens (including phenoxy) is 1. The van der Waals surface area contributed by atoms with Crippen LogP contribution in [0.2, 0.25) is 0 Å². The molecule has 0 heterocycles. The molecule has 0 spiro atoms. The number of carboxylic acids is 1. The first-order valence-corrected chi connectivity index (χ1v) is 10.1. The Kier molecular flexibility index (Phi) is 7.38. The smallest absolute Gasteiger partial charge is 0.316 e. The first-order chi connectivity index (χ1) is 15.0. The lowest BCUT2D eigenvalue weighted by Gasteiger charge is -2.24. The standard InChI is InChI=1S/C25H24FNO4/c1-2-27(20-8-4-3-5-9-20)24(28)23(25(29)30)16-11-18-7-6-10-22(17-18)31-21-14-12-19(26)13-15-21/h3-10,12-15,17,23H,2,11,16H2,1H3,(H,29,30). The number of carbonyl (C=O) groups excluding carboxylic acids is 1. The molecule has 0 aliphatic carbocycles. The van der Waals surface area contributed by atoms with Gasteiger partial charge in [-0.05, 0) is 73.9 Å². The molecule has 0 aromatic heterocycles. The number of carbonyl (C=O) groups is 2. The summed E-state index contributed by atoms with van der Waals surface area (Å²) in [6, 6.07) is 22.0. The molecule has 0 saturated heterocycles. The highest BCUT2D eigenvalue weighted by molar-refractivity contribution is 6.05. The van der Waals surface area contributed by atoms with Crippen LogP contribution in [0, 0.1) is 11.7 Å². The van der Waals surface area contributed by atoms with Crippen molar-refractivity contribution in [2.75, 3.05) is 11.4 Å². The number of aryl methyl sites for hydroxylation is 1. The molecule has 31 heavy (non-hydrogen) atoms. The summed E-state index contributed by atoms with van der Waals surface area (Å²) in [6.45, 7) is 2.20. The van der Waals surface area contributed by atoms with Crippen molar-refractivity contribution < 1.29 is 23.8 Å². The van der Waals surface area contributed by atoms with Crippen LogP contribution in [0.15, 0.2) is 78.9 Å². The summed E-state index contributed by atoms with van der Waals surface area (Å²) in [7, 11) is 0. The molecule has 0 fully saturated rings. The van der Waals surface area contributed by atoms with Crippen LogP contribution in [-0.2, 0) is 16.0 Å². The van der Waals surface area contributed by atoms with Crippen LogP contribution in [0.1, 0.15) is 18.9 Å². The van der Waals surface area contributed by atoms with Gasteiger partial charge in [0.15, 0.2) is 0 Å². The predicted octanol–water partition coefficient (Wildman–Crippen LogP) is 5.30. The van der Waals surface area contributed by atoms with E-state index in [1.54, 1.807) is 30.3 Å². The van der Waals surface area contributed by atoms with Crippen molar-refractivity contribution in [3.63, 3.8) is 0 Å². The highest BCUT2D eigenvalue weighted by Gasteiger charge is 2.30. The van der Waals surface area contributed by atoms with Crippen molar-refractivity contribution in [2.24, 2.45) is 5.92 Å². The SMILES string of the molecule is CCN(C(=O)C(CCc1cccc(Oc2ccc(F)cc2)c1)C(=O)O)c1ccccc1. The average molecular weight is 421 g/mol. The third-order valence-electron chi connectivity index (χ3n) is 4.92. The zero-order chi connectivity index (χ0) is 22.2. The number of para-hydroxylation sites is 1. The Morgan fingerprint density at radius 2 is 1.68 bits per heavy atom. The maximum absolute atomic E-state index is 13.1. The highest BCUT2D eigenvalue weighted by atomic mass is 19.1. The van der Waals surface area contributed by atoms with E-state index in [9.17, 15) is 19.1 Å². The molecule has 1 unspecified atom stereocenters. The van der Waals surface area contributed by atoms with Gasteiger partial charge in [0.2, 0.25) is 5.91 Å².